The Labute approximate surface area is 173 Å². The van der Waals surface area contributed by atoms with Crippen molar-refractivity contribution in [2.45, 2.75) is 70.7 Å². The summed E-state index contributed by atoms with van der Waals surface area (Å²) in [6.45, 7) is 10.1. The number of phenols is 1. The number of hydrogen-bond acceptors (Lipinski definition) is 5. The Morgan fingerprint density at radius 2 is 2.03 bits per heavy atom. The molecule has 0 saturated carbocycles. The molecule has 29 heavy (non-hydrogen) atoms. The van der Waals surface area contributed by atoms with Crippen molar-refractivity contribution < 1.29 is 19.4 Å². The number of carbonyl (C=O) groups is 1. The lowest BCUT2D eigenvalue weighted by Crippen LogP contribution is -2.48. The van der Waals surface area contributed by atoms with E-state index >= 15 is 0 Å². The van der Waals surface area contributed by atoms with Gasteiger partial charge in [-0.2, -0.15) is 0 Å². The summed E-state index contributed by atoms with van der Waals surface area (Å²) in [5, 5.41) is 13.8. The van der Waals surface area contributed by atoms with Crippen LogP contribution in [0, 0.1) is 5.92 Å². The first kappa shape index (κ1) is 20.5. The second-order valence-corrected chi connectivity index (χ2v) is 9.29. The van der Waals surface area contributed by atoms with Crippen LogP contribution < -0.4 is 10.1 Å². The van der Waals surface area contributed by atoms with Gasteiger partial charge >= 0.3 is 0 Å². The lowest BCUT2D eigenvalue weighted by atomic mass is 9.75. The van der Waals surface area contributed by atoms with Crippen LogP contribution in [0.3, 0.4) is 0 Å². The molecule has 3 heterocycles. The Balaban J connectivity index is 1.47. The highest BCUT2D eigenvalue weighted by atomic mass is 16.5. The van der Waals surface area contributed by atoms with Gasteiger partial charge in [-0.1, -0.05) is 6.07 Å². The van der Waals surface area contributed by atoms with E-state index in [1.165, 1.54) is 12.8 Å². The predicted molar refractivity (Wildman–Crippen MR) is 111 cm³/mol. The SMILES string of the molecule is C[C@@H]1CC[C@@H]2[C@@H](O1)c1ccc(C(=O)NCCCN3CCCC3)c(O)c1OC2(C)C. The first-order valence-corrected chi connectivity index (χ1v) is 11.1. The van der Waals surface area contributed by atoms with Crippen LogP contribution >= 0.6 is 0 Å². The van der Waals surface area contributed by atoms with Crippen LogP contribution in [0.25, 0.3) is 0 Å². The standard InChI is InChI=1S/C23H34N2O4/c1-15-7-10-18-20(28-15)17-9-8-16(19(26)21(17)29-23(18,2)3)22(27)24-11-6-14-25-12-4-5-13-25/h8-9,15,18,20,26H,4-7,10-14H2,1-3H3,(H,24,27)/t15-,18-,20+/m1/s1. The van der Waals surface area contributed by atoms with Gasteiger partial charge in [0, 0.05) is 18.0 Å². The average molecular weight is 403 g/mol. The minimum absolute atomic E-state index is 0.0760. The van der Waals surface area contributed by atoms with E-state index in [-0.39, 0.29) is 35.3 Å². The van der Waals surface area contributed by atoms with Crippen LogP contribution in [-0.2, 0) is 4.74 Å². The molecule has 160 valence electrons. The minimum Gasteiger partial charge on any atom is -0.504 e. The maximum atomic E-state index is 12.7. The van der Waals surface area contributed by atoms with Gasteiger partial charge in [-0.15, -0.1) is 0 Å². The molecule has 2 N–H and O–H groups in total. The highest BCUT2D eigenvalue weighted by molar-refractivity contribution is 5.98. The van der Waals surface area contributed by atoms with Gasteiger partial charge in [-0.25, -0.2) is 0 Å². The normalized spacial score (nSPS) is 28.3. The van der Waals surface area contributed by atoms with E-state index in [0.717, 1.165) is 44.5 Å². The molecule has 1 aromatic carbocycles. The van der Waals surface area contributed by atoms with Crippen molar-refractivity contribution in [3.63, 3.8) is 0 Å². The zero-order valence-corrected chi connectivity index (χ0v) is 17.9. The molecule has 1 amide bonds. The molecule has 3 aliphatic heterocycles. The number of amides is 1. The Morgan fingerprint density at radius 3 is 2.79 bits per heavy atom. The van der Waals surface area contributed by atoms with E-state index < -0.39 is 5.60 Å². The lowest BCUT2D eigenvalue weighted by Gasteiger charge is -2.48. The lowest BCUT2D eigenvalue weighted by molar-refractivity contribution is -0.145. The molecule has 3 aliphatic rings. The molecule has 0 unspecified atom stereocenters. The molecule has 3 atom stereocenters. The molecule has 6 heteroatoms. The van der Waals surface area contributed by atoms with Gasteiger partial charge in [-0.3, -0.25) is 4.79 Å². The summed E-state index contributed by atoms with van der Waals surface area (Å²) in [7, 11) is 0. The number of fused-ring (bicyclic) bond motifs is 3. The monoisotopic (exact) mass is 402 g/mol. The number of rotatable bonds is 5. The predicted octanol–water partition coefficient (Wildman–Crippen LogP) is 3.64. The van der Waals surface area contributed by atoms with Crippen LogP contribution in [-0.4, -0.2) is 53.8 Å². The topological polar surface area (TPSA) is 71.0 Å². The fourth-order valence-corrected chi connectivity index (χ4v) is 5.03. The van der Waals surface area contributed by atoms with Gasteiger partial charge in [0.25, 0.3) is 5.91 Å². The molecule has 0 radical (unpaired) electrons. The minimum atomic E-state index is -0.458. The van der Waals surface area contributed by atoms with Crippen molar-refractivity contribution in [1.82, 2.24) is 10.2 Å². The van der Waals surface area contributed by atoms with E-state index in [9.17, 15) is 9.90 Å². The van der Waals surface area contributed by atoms with Crippen LogP contribution in [0.5, 0.6) is 11.5 Å². The number of carbonyl (C=O) groups excluding carboxylic acids is 1. The van der Waals surface area contributed by atoms with Gasteiger partial charge in [0.05, 0.1) is 17.8 Å². The molecular weight excluding hydrogens is 368 g/mol. The molecule has 0 spiro atoms. The first-order valence-electron chi connectivity index (χ1n) is 11.1. The molecule has 1 aromatic rings. The van der Waals surface area contributed by atoms with Gasteiger partial charge in [0.2, 0.25) is 0 Å². The largest absolute Gasteiger partial charge is 0.504 e. The summed E-state index contributed by atoms with van der Waals surface area (Å²) >= 11 is 0. The fraction of sp³-hybridized carbons (Fsp3) is 0.696. The molecule has 4 rings (SSSR count). The number of benzene rings is 1. The Bertz CT molecular complexity index is 757. The van der Waals surface area contributed by atoms with Crippen molar-refractivity contribution in [3.8, 4) is 11.5 Å². The summed E-state index contributed by atoms with van der Waals surface area (Å²) < 4.78 is 12.5. The number of likely N-dealkylation sites (tertiary alicyclic amines) is 1. The van der Waals surface area contributed by atoms with Crippen molar-refractivity contribution in [3.05, 3.63) is 23.3 Å². The van der Waals surface area contributed by atoms with Gasteiger partial charge in [0.15, 0.2) is 11.5 Å². The highest BCUT2D eigenvalue weighted by Gasteiger charge is 2.48. The van der Waals surface area contributed by atoms with Gasteiger partial charge in [-0.05, 0) is 78.6 Å². The van der Waals surface area contributed by atoms with Crippen molar-refractivity contribution in [2.75, 3.05) is 26.2 Å². The Kier molecular flexibility index (Phi) is 5.76. The highest BCUT2D eigenvalue weighted by Crippen LogP contribution is 2.53. The summed E-state index contributed by atoms with van der Waals surface area (Å²) in [5.74, 6) is 0.298. The molecule has 6 nitrogen and oxygen atoms in total. The average Bonchev–Trinajstić information content (AvgIpc) is 3.19. The molecule has 0 bridgehead atoms. The first-order chi connectivity index (χ1) is 13.9. The van der Waals surface area contributed by atoms with E-state index in [4.69, 9.17) is 9.47 Å². The Hall–Kier alpha value is -1.79. The van der Waals surface area contributed by atoms with Crippen LogP contribution in [0.2, 0.25) is 0 Å². The van der Waals surface area contributed by atoms with E-state index in [0.29, 0.717) is 12.3 Å². The summed E-state index contributed by atoms with van der Waals surface area (Å²) in [4.78, 5) is 15.1. The van der Waals surface area contributed by atoms with Crippen molar-refractivity contribution in [2.24, 2.45) is 5.92 Å². The van der Waals surface area contributed by atoms with Crippen molar-refractivity contribution >= 4 is 5.91 Å². The van der Waals surface area contributed by atoms with Gasteiger partial charge in [0.1, 0.15) is 5.60 Å². The molecular formula is C23H34N2O4. The number of phenolic OH excluding ortho intramolecular Hbond substituents is 1. The molecule has 0 aliphatic carbocycles. The third-order valence-electron chi connectivity index (χ3n) is 6.74. The quantitative estimate of drug-likeness (QED) is 0.736. The second-order valence-electron chi connectivity index (χ2n) is 9.29. The van der Waals surface area contributed by atoms with E-state index in [1.54, 1.807) is 6.07 Å². The molecule has 0 aromatic heterocycles. The fourth-order valence-electron chi connectivity index (χ4n) is 5.03. The smallest absolute Gasteiger partial charge is 0.255 e. The van der Waals surface area contributed by atoms with Crippen LogP contribution in [0.15, 0.2) is 12.1 Å². The summed E-state index contributed by atoms with van der Waals surface area (Å²) in [5.41, 5.74) is 0.659. The third-order valence-corrected chi connectivity index (χ3v) is 6.74. The molecule has 2 saturated heterocycles. The zero-order chi connectivity index (χ0) is 20.6. The molecule has 2 fully saturated rings. The summed E-state index contributed by atoms with van der Waals surface area (Å²) in [6.07, 6.45) is 5.56. The number of hydrogen-bond donors (Lipinski definition) is 2. The van der Waals surface area contributed by atoms with Crippen LogP contribution in [0.1, 0.15) is 74.9 Å². The zero-order valence-electron chi connectivity index (χ0n) is 17.9. The third kappa shape index (κ3) is 4.10. The van der Waals surface area contributed by atoms with Crippen molar-refractivity contribution in [1.29, 1.82) is 0 Å². The summed E-state index contributed by atoms with van der Waals surface area (Å²) in [6, 6.07) is 3.59. The number of nitrogens with zero attached hydrogens (tertiary/aromatic N) is 1. The van der Waals surface area contributed by atoms with E-state index in [1.807, 2.05) is 19.9 Å². The number of aromatic hydroxyl groups is 1. The maximum Gasteiger partial charge on any atom is 0.255 e. The van der Waals surface area contributed by atoms with Gasteiger partial charge < -0.3 is 24.8 Å². The van der Waals surface area contributed by atoms with E-state index in [2.05, 4.69) is 17.1 Å². The number of nitrogens with one attached hydrogen (secondary N) is 1. The number of ether oxygens (including phenoxy) is 2. The second kappa shape index (κ2) is 8.15. The Morgan fingerprint density at radius 1 is 1.28 bits per heavy atom. The van der Waals surface area contributed by atoms with Crippen LogP contribution in [0.4, 0.5) is 0 Å². The maximum absolute atomic E-state index is 12.7.